The van der Waals surface area contributed by atoms with Crippen LogP contribution in [0.2, 0.25) is 0 Å². The topological polar surface area (TPSA) is 65.0 Å². The maximum Gasteiger partial charge on any atom is 0.348 e. The molecule has 1 aromatic rings. The van der Waals surface area contributed by atoms with Gasteiger partial charge < -0.3 is 19.3 Å². The van der Waals surface area contributed by atoms with E-state index in [0.29, 0.717) is 4.88 Å². The standard InChI is InChI=1S/C20H29ClO5S/c1-24-20(23)18-9-8-13(27-18)5-4-6-14-15(12-22)17(11-16(14)21)26-19-7-2-3-10-25-19/h8-9,14-17,19,22H,2-7,10-12H2,1H3/t14-,15-,16+,17-,19?/m1/s1. The zero-order valence-electron chi connectivity index (χ0n) is 15.8. The Morgan fingerprint density at radius 2 is 2.22 bits per heavy atom. The van der Waals surface area contributed by atoms with Crippen molar-refractivity contribution in [3.63, 3.8) is 0 Å². The highest BCUT2D eigenvalue weighted by atomic mass is 35.5. The fourth-order valence-electron chi connectivity index (χ4n) is 4.17. The summed E-state index contributed by atoms with van der Waals surface area (Å²) in [6.45, 7) is 0.847. The van der Waals surface area contributed by atoms with Crippen molar-refractivity contribution in [3.05, 3.63) is 21.9 Å². The number of aliphatic hydroxyl groups is 1. The van der Waals surface area contributed by atoms with Gasteiger partial charge in [0, 0.05) is 29.4 Å². The van der Waals surface area contributed by atoms with Crippen LogP contribution in [0, 0.1) is 11.8 Å². The highest BCUT2D eigenvalue weighted by Crippen LogP contribution is 2.41. The monoisotopic (exact) mass is 416 g/mol. The Morgan fingerprint density at radius 1 is 1.37 bits per heavy atom. The van der Waals surface area contributed by atoms with Crippen LogP contribution in [-0.4, -0.2) is 49.2 Å². The molecular weight excluding hydrogens is 388 g/mol. The quantitative estimate of drug-likeness (QED) is 0.512. The SMILES string of the molecule is COC(=O)c1ccc(CCC[C@@H]2[C@@H](CO)[C@H](OC3CCCCO3)C[C@@H]2Cl)s1. The second kappa shape index (κ2) is 10.2. The summed E-state index contributed by atoms with van der Waals surface area (Å²) >= 11 is 8.10. The van der Waals surface area contributed by atoms with E-state index >= 15 is 0 Å². The van der Waals surface area contributed by atoms with E-state index < -0.39 is 0 Å². The Balaban J connectivity index is 1.49. The molecule has 1 saturated carbocycles. The van der Waals surface area contributed by atoms with Gasteiger partial charge in [0.15, 0.2) is 6.29 Å². The molecule has 7 heteroatoms. The first-order chi connectivity index (χ1) is 13.1. The number of aliphatic hydroxyl groups excluding tert-OH is 1. The molecule has 0 bridgehead atoms. The van der Waals surface area contributed by atoms with Crippen molar-refractivity contribution in [1.82, 2.24) is 0 Å². The number of rotatable bonds is 8. The lowest BCUT2D eigenvalue weighted by Gasteiger charge is -2.29. The molecule has 0 aromatic carbocycles. The van der Waals surface area contributed by atoms with Gasteiger partial charge in [-0.25, -0.2) is 4.79 Å². The van der Waals surface area contributed by atoms with Crippen molar-refractivity contribution in [1.29, 1.82) is 0 Å². The number of hydrogen-bond acceptors (Lipinski definition) is 6. The van der Waals surface area contributed by atoms with Crippen molar-refractivity contribution in [2.24, 2.45) is 11.8 Å². The van der Waals surface area contributed by atoms with Gasteiger partial charge in [-0.05, 0) is 63.0 Å². The molecule has 1 saturated heterocycles. The smallest absolute Gasteiger partial charge is 0.348 e. The van der Waals surface area contributed by atoms with Crippen LogP contribution in [-0.2, 0) is 20.6 Å². The largest absolute Gasteiger partial charge is 0.465 e. The van der Waals surface area contributed by atoms with Crippen LogP contribution in [0.15, 0.2) is 12.1 Å². The lowest BCUT2D eigenvalue weighted by atomic mass is 9.90. The maximum absolute atomic E-state index is 11.6. The number of ether oxygens (including phenoxy) is 3. The van der Waals surface area contributed by atoms with Crippen LogP contribution < -0.4 is 0 Å². The second-order valence-corrected chi connectivity index (χ2v) is 9.11. The third-order valence-electron chi connectivity index (χ3n) is 5.63. The van der Waals surface area contributed by atoms with Crippen molar-refractivity contribution in [2.75, 3.05) is 20.3 Å². The Labute approximate surface area is 169 Å². The molecule has 5 nitrogen and oxygen atoms in total. The summed E-state index contributed by atoms with van der Waals surface area (Å²) in [5, 5.41) is 9.95. The number of methoxy groups -OCH3 is 1. The second-order valence-electron chi connectivity index (χ2n) is 7.38. The van der Waals surface area contributed by atoms with E-state index in [-0.39, 0.29) is 42.2 Å². The molecule has 5 atom stereocenters. The summed E-state index contributed by atoms with van der Waals surface area (Å²) in [5.74, 6) is 0.0189. The van der Waals surface area contributed by atoms with Crippen molar-refractivity contribution in [2.45, 2.75) is 62.7 Å². The highest BCUT2D eigenvalue weighted by Gasteiger charge is 2.43. The number of thiophene rings is 1. The molecule has 1 N–H and O–H groups in total. The van der Waals surface area contributed by atoms with Gasteiger partial charge >= 0.3 is 5.97 Å². The number of esters is 1. The Hall–Kier alpha value is -0.660. The Bertz CT molecular complexity index is 601. The van der Waals surface area contributed by atoms with Crippen molar-refractivity contribution >= 4 is 28.9 Å². The summed E-state index contributed by atoms with van der Waals surface area (Å²) in [6, 6.07) is 3.80. The fourth-order valence-corrected chi connectivity index (χ4v) is 5.62. The van der Waals surface area contributed by atoms with E-state index in [1.54, 1.807) is 0 Å². The molecule has 1 aliphatic heterocycles. The summed E-state index contributed by atoms with van der Waals surface area (Å²) in [4.78, 5) is 13.4. The highest BCUT2D eigenvalue weighted by molar-refractivity contribution is 7.13. The molecule has 0 radical (unpaired) electrons. The van der Waals surface area contributed by atoms with Gasteiger partial charge in [0.05, 0.1) is 13.2 Å². The molecule has 2 heterocycles. The van der Waals surface area contributed by atoms with Crippen LogP contribution in [0.4, 0.5) is 0 Å². The lowest BCUT2D eigenvalue weighted by Crippen LogP contribution is -2.33. The Kier molecular flexibility index (Phi) is 7.97. The van der Waals surface area contributed by atoms with E-state index in [0.717, 1.165) is 51.6 Å². The van der Waals surface area contributed by atoms with Crippen LogP contribution in [0.25, 0.3) is 0 Å². The zero-order valence-corrected chi connectivity index (χ0v) is 17.3. The lowest BCUT2D eigenvalue weighted by molar-refractivity contribution is -0.197. The van der Waals surface area contributed by atoms with Gasteiger partial charge in [-0.3, -0.25) is 0 Å². The Morgan fingerprint density at radius 3 is 2.93 bits per heavy atom. The van der Waals surface area contributed by atoms with E-state index in [2.05, 4.69) is 0 Å². The third-order valence-corrected chi connectivity index (χ3v) is 7.26. The molecule has 1 aromatic heterocycles. The van der Waals surface area contributed by atoms with Crippen molar-refractivity contribution in [3.8, 4) is 0 Å². The van der Waals surface area contributed by atoms with Crippen LogP contribution in [0.3, 0.4) is 0 Å². The van der Waals surface area contributed by atoms with E-state index in [4.69, 9.17) is 25.8 Å². The molecule has 3 rings (SSSR count). The molecule has 0 spiro atoms. The van der Waals surface area contributed by atoms with Crippen LogP contribution in [0.5, 0.6) is 0 Å². The molecular formula is C20H29ClO5S. The fraction of sp³-hybridized carbons (Fsp3) is 0.750. The van der Waals surface area contributed by atoms with Gasteiger partial charge in [0.2, 0.25) is 0 Å². The van der Waals surface area contributed by atoms with E-state index in [1.807, 2.05) is 12.1 Å². The zero-order chi connectivity index (χ0) is 19.2. The summed E-state index contributed by atoms with van der Waals surface area (Å²) < 4.78 is 16.6. The van der Waals surface area contributed by atoms with E-state index in [9.17, 15) is 9.90 Å². The minimum absolute atomic E-state index is 0.0182. The average molecular weight is 417 g/mol. The van der Waals surface area contributed by atoms with E-state index in [1.165, 1.54) is 23.3 Å². The van der Waals surface area contributed by atoms with Crippen molar-refractivity contribution < 1.29 is 24.1 Å². The maximum atomic E-state index is 11.6. The molecule has 0 amide bonds. The minimum atomic E-state index is -0.284. The molecule has 27 heavy (non-hydrogen) atoms. The first-order valence-corrected chi connectivity index (χ1v) is 11.1. The van der Waals surface area contributed by atoms with Crippen LogP contribution in [0.1, 0.15) is 53.1 Å². The van der Waals surface area contributed by atoms with Gasteiger partial charge in [-0.1, -0.05) is 0 Å². The average Bonchev–Trinajstić information content (AvgIpc) is 3.27. The molecule has 2 aliphatic rings. The first-order valence-electron chi connectivity index (χ1n) is 9.81. The number of aryl methyl sites for hydroxylation is 1. The van der Waals surface area contributed by atoms with Gasteiger partial charge in [0.25, 0.3) is 0 Å². The predicted octanol–water partition coefficient (Wildman–Crippen LogP) is 4.01. The number of halogens is 1. The van der Waals surface area contributed by atoms with Gasteiger partial charge in [-0.15, -0.1) is 22.9 Å². The predicted molar refractivity (Wildman–Crippen MR) is 105 cm³/mol. The van der Waals surface area contributed by atoms with Crippen LogP contribution >= 0.6 is 22.9 Å². The van der Waals surface area contributed by atoms with Gasteiger partial charge in [-0.2, -0.15) is 0 Å². The summed E-state index contributed by atoms with van der Waals surface area (Å²) in [6.07, 6.45) is 6.54. The first kappa shape index (κ1) is 21.1. The third kappa shape index (κ3) is 5.45. The summed E-state index contributed by atoms with van der Waals surface area (Å²) in [5.41, 5.74) is 0. The number of carbonyl (C=O) groups is 1. The molecule has 152 valence electrons. The molecule has 2 fully saturated rings. The molecule has 1 aliphatic carbocycles. The molecule has 1 unspecified atom stereocenters. The summed E-state index contributed by atoms with van der Waals surface area (Å²) in [7, 11) is 1.40. The number of hydrogen-bond donors (Lipinski definition) is 1. The minimum Gasteiger partial charge on any atom is -0.465 e. The number of alkyl halides is 1. The number of carbonyl (C=O) groups excluding carboxylic acids is 1. The van der Waals surface area contributed by atoms with Gasteiger partial charge in [0.1, 0.15) is 4.88 Å². The normalized spacial score (nSPS) is 31.1.